The number of H-pyrrole nitrogens is 1. The number of fused-ring (bicyclic) bond motifs is 1. The van der Waals surface area contributed by atoms with Crippen LogP contribution >= 0.6 is 23.8 Å². The Kier molecular flexibility index (Phi) is 3.14. The maximum Gasteiger partial charge on any atom is 0.178 e. The fourth-order valence-corrected chi connectivity index (χ4v) is 2.63. The van der Waals surface area contributed by atoms with E-state index in [1.54, 1.807) is 6.07 Å². The van der Waals surface area contributed by atoms with Crippen molar-refractivity contribution in [2.45, 2.75) is 20.4 Å². The van der Waals surface area contributed by atoms with E-state index in [9.17, 15) is 4.39 Å². The Hall–Kier alpha value is -1.66. The quantitative estimate of drug-likeness (QED) is 0.723. The second kappa shape index (κ2) is 4.71. The number of aryl methyl sites for hydroxylation is 2. The predicted molar refractivity (Wildman–Crippen MR) is 77.2 cm³/mol. The monoisotopic (exact) mass is 311 g/mol. The van der Waals surface area contributed by atoms with Crippen LogP contribution in [-0.4, -0.2) is 14.7 Å². The normalized spacial score (nSPS) is 11.4. The fourth-order valence-electron chi connectivity index (χ4n) is 2.19. The number of hydrogen-bond acceptors (Lipinski definition) is 3. The van der Waals surface area contributed by atoms with E-state index in [2.05, 4.69) is 10.1 Å². The number of nitrogens with zero attached hydrogens (tertiary/aromatic N) is 2. The van der Waals surface area contributed by atoms with Crippen molar-refractivity contribution >= 4 is 34.9 Å². The van der Waals surface area contributed by atoms with Crippen molar-refractivity contribution in [2.75, 3.05) is 0 Å². The molecule has 1 aromatic carbocycles. The predicted octanol–water partition coefficient (Wildman–Crippen LogP) is 4.14. The summed E-state index contributed by atoms with van der Waals surface area (Å²) < 4.78 is 21.0. The van der Waals surface area contributed by atoms with Crippen molar-refractivity contribution in [1.29, 1.82) is 0 Å². The van der Waals surface area contributed by atoms with E-state index in [0.29, 0.717) is 16.8 Å². The highest BCUT2D eigenvalue weighted by molar-refractivity contribution is 7.71. The van der Waals surface area contributed by atoms with Gasteiger partial charge in [-0.3, -0.25) is 0 Å². The molecule has 0 amide bonds. The summed E-state index contributed by atoms with van der Waals surface area (Å²) in [6.07, 6.45) is 0. The second-order valence-electron chi connectivity index (χ2n) is 4.60. The number of aromatic nitrogens is 3. The number of hydrogen-bond donors (Lipinski definition) is 1. The Morgan fingerprint density at radius 3 is 2.85 bits per heavy atom. The molecule has 1 N–H and O–H groups in total. The van der Waals surface area contributed by atoms with Gasteiger partial charge in [0.15, 0.2) is 4.77 Å². The summed E-state index contributed by atoms with van der Waals surface area (Å²) in [4.78, 5) is 2.97. The lowest BCUT2D eigenvalue weighted by Gasteiger charge is -2.04. The van der Waals surface area contributed by atoms with Gasteiger partial charge < -0.3 is 14.1 Å². The van der Waals surface area contributed by atoms with Crippen LogP contribution in [-0.2, 0) is 6.54 Å². The Bertz CT molecular complexity index is 845. The van der Waals surface area contributed by atoms with Crippen molar-refractivity contribution < 1.29 is 8.91 Å². The van der Waals surface area contributed by atoms with E-state index in [0.717, 1.165) is 22.5 Å². The Labute approximate surface area is 124 Å². The van der Waals surface area contributed by atoms with Crippen molar-refractivity contribution in [1.82, 2.24) is 14.7 Å². The molecule has 7 heteroatoms. The van der Waals surface area contributed by atoms with Crippen LogP contribution in [0.15, 0.2) is 16.7 Å². The molecule has 0 aliphatic rings. The largest absolute Gasteiger partial charge is 0.361 e. The van der Waals surface area contributed by atoms with Crippen LogP contribution in [0, 0.1) is 24.4 Å². The van der Waals surface area contributed by atoms with Gasteiger partial charge in [-0.2, -0.15) is 0 Å². The third kappa shape index (κ3) is 2.05. The van der Waals surface area contributed by atoms with E-state index in [-0.39, 0.29) is 5.02 Å². The van der Waals surface area contributed by atoms with Gasteiger partial charge in [-0.25, -0.2) is 4.39 Å². The molecule has 104 valence electrons. The van der Waals surface area contributed by atoms with E-state index >= 15 is 0 Å². The van der Waals surface area contributed by atoms with Crippen LogP contribution in [0.1, 0.15) is 17.0 Å². The van der Waals surface area contributed by atoms with Gasteiger partial charge in [0, 0.05) is 11.6 Å². The minimum Gasteiger partial charge on any atom is -0.361 e. The Morgan fingerprint density at radius 1 is 1.45 bits per heavy atom. The summed E-state index contributed by atoms with van der Waals surface area (Å²) in [5, 5.41) is 3.99. The number of imidazole rings is 1. The van der Waals surface area contributed by atoms with Gasteiger partial charge >= 0.3 is 0 Å². The van der Waals surface area contributed by atoms with Gasteiger partial charge in [0.25, 0.3) is 0 Å². The van der Waals surface area contributed by atoms with Crippen LogP contribution in [0.5, 0.6) is 0 Å². The molecular formula is C13H11ClFN3OS. The minimum atomic E-state index is -0.472. The molecule has 0 radical (unpaired) electrons. The lowest BCUT2D eigenvalue weighted by Crippen LogP contribution is -2.01. The number of halogens is 2. The molecule has 2 heterocycles. The number of benzene rings is 1. The molecule has 4 nitrogen and oxygen atoms in total. The standard InChI is InChI=1S/C13H11ClFN3OS/c1-6-8(7(2)19-17-6)5-18-12-3-9(14)10(15)4-11(12)16-13(18)20/h3-4H,5H2,1-2H3,(H,16,20). The first-order chi connectivity index (χ1) is 9.47. The summed E-state index contributed by atoms with van der Waals surface area (Å²) in [6, 6.07) is 2.91. The zero-order valence-electron chi connectivity index (χ0n) is 10.8. The number of nitrogens with one attached hydrogen (secondary N) is 1. The zero-order valence-corrected chi connectivity index (χ0v) is 12.4. The lowest BCUT2D eigenvalue weighted by molar-refractivity contribution is 0.392. The summed E-state index contributed by atoms with van der Waals surface area (Å²) >= 11 is 11.1. The highest BCUT2D eigenvalue weighted by Gasteiger charge is 2.14. The van der Waals surface area contributed by atoms with E-state index in [4.69, 9.17) is 28.3 Å². The highest BCUT2D eigenvalue weighted by atomic mass is 35.5. The molecule has 0 saturated heterocycles. The molecule has 2 aromatic heterocycles. The Balaban J connectivity index is 2.19. The van der Waals surface area contributed by atoms with Gasteiger partial charge in [-0.15, -0.1) is 0 Å². The number of aromatic amines is 1. The zero-order chi connectivity index (χ0) is 14.4. The van der Waals surface area contributed by atoms with Crippen molar-refractivity contribution in [3.8, 4) is 0 Å². The van der Waals surface area contributed by atoms with Crippen molar-refractivity contribution in [3.05, 3.63) is 44.8 Å². The van der Waals surface area contributed by atoms with E-state index in [1.807, 2.05) is 18.4 Å². The van der Waals surface area contributed by atoms with Crippen LogP contribution in [0.3, 0.4) is 0 Å². The molecular weight excluding hydrogens is 301 g/mol. The molecule has 0 fully saturated rings. The number of rotatable bonds is 2. The first kappa shape index (κ1) is 13.3. The lowest BCUT2D eigenvalue weighted by atomic mass is 10.2. The third-order valence-corrected chi connectivity index (χ3v) is 3.93. The van der Waals surface area contributed by atoms with Gasteiger partial charge in [0.1, 0.15) is 11.6 Å². The van der Waals surface area contributed by atoms with Crippen LogP contribution in [0.2, 0.25) is 5.02 Å². The molecule has 0 saturated carbocycles. The van der Waals surface area contributed by atoms with Gasteiger partial charge in [-0.1, -0.05) is 16.8 Å². The SMILES string of the molecule is Cc1noc(C)c1Cn1c(=S)[nH]c2cc(F)c(Cl)cc21. The average molecular weight is 312 g/mol. The molecule has 0 atom stereocenters. The minimum absolute atomic E-state index is 0.0685. The third-order valence-electron chi connectivity index (χ3n) is 3.31. The van der Waals surface area contributed by atoms with Gasteiger partial charge in [0.2, 0.25) is 0 Å². The van der Waals surface area contributed by atoms with Crippen LogP contribution in [0.4, 0.5) is 4.39 Å². The molecule has 0 aliphatic heterocycles. The van der Waals surface area contributed by atoms with E-state index < -0.39 is 5.82 Å². The summed E-state index contributed by atoms with van der Waals surface area (Å²) in [5.74, 6) is 0.270. The molecule has 3 rings (SSSR count). The molecule has 0 spiro atoms. The van der Waals surface area contributed by atoms with Crippen molar-refractivity contribution in [3.63, 3.8) is 0 Å². The molecule has 0 unspecified atom stereocenters. The smallest absolute Gasteiger partial charge is 0.178 e. The summed E-state index contributed by atoms with van der Waals surface area (Å²) in [6.45, 7) is 4.22. The summed E-state index contributed by atoms with van der Waals surface area (Å²) in [5.41, 5.74) is 3.14. The van der Waals surface area contributed by atoms with Gasteiger partial charge in [0.05, 0.1) is 28.3 Å². The molecule has 20 heavy (non-hydrogen) atoms. The average Bonchev–Trinajstić information content (AvgIpc) is 2.85. The molecule has 0 bridgehead atoms. The maximum atomic E-state index is 13.5. The topological polar surface area (TPSA) is 46.8 Å². The van der Waals surface area contributed by atoms with E-state index in [1.165, 1.54) is 6.07 Å². The highest BCUT2D eigenvalue weighted by Crippen LogP contribution is 2.24. The molecule has 3 aromatic rings. The van der Waals surface area contributed by atoms with Crippen molar-refractivity contribution in [2.24, 2.45) is 0 Å². The summed E-state index contributed by atoms with van der Waals surface area (Å²) in [7, 11) is 0. The van der Waals surface area contributed by atoms with Crippen LogP contribution in [0.25, 0.3) is 11.0 Å². The molecule has 0 aliphatic carbocycles. The van der Waals surface area contributed by atoms with Crippen LogP contribution < -0.4 is 0 Å². The fraction of sp³-hybridized carbons (Fsp3) is 0.231. The first-order valence-electron chi connectivity index (χ1n) is 5.96. The Morgan fingerprint density at radius 2 is 2.20 bits per heavy atom. The first-order valence-corrected chi connectivity index (χ1v) is 6.75. The maximum absolute atomic E-state index is 13.5. The van der Waals surface area contributed by atoms with Gasteiger partial charge in [-0.05, 0) is 32.1 Å². The second-order valence-corrected chi connectivity index (χ2v) is 5.40.